The Morgan fingerprint density at radius 2 is 1.78 bits per heavy atom. The molecule has 7 rings (SSSR count). The minimum atomic E-state index is -1.57. The number of piperidine rings is 1. The van der Waals surface area contributed by atoms with Crippen LogP contribution in [0.2, 0.25) is 0 Å². The Hall–Kier alpha value is -2.83. The number of benzene rings is 1. The summed E-state index contributed by atoms with van der Waals surface area (Å²) in [7, 11) is 6.34. The van der Waals surface area contributed by atoms with Gasteiger partial charge in [-0.2, -0.15) is 0 Å². The number of carbonyl (C=O) groups excluding carboxylic acids is 3. The highest BCUT2D eigenvalue weighted by atomic mass is 16.6. The molecular formula is C34H43NO10. The molecule has 12 atom stereocenters. The lowest BCUT2D eigenvalue weighted by atomic mass is 9.46. The first kappa shape index (κ1) is 30.8. The molecule has 0 aromatic heterocycles. The number of ether oxygens (including phenoxy) is 6. The van der Waals surface area contributed by atoms with Crippen LogP contribution in [0.15, 0.2) is 36.4 Å². The van der Waals surface area contributed by atoms with Crippen LogP contribution in [0.4, 0.5) is 0 Å². The molecule has 7 bridgehead atoms. The molecule has 45 heavy (non-hydrogen) atoms. The van der Waals surface area contributed by atoms with Crippen molar-refractivity contribution >= 4 is 17.7 Å². The first-order chi connectivity index (χ1) is 21.5. The van der Waals surface area contributed by atoms with Crippen LogP contribution in [0, 0.1) is 34.5 Å². The quantitative estimate of drug-likeness (QED) is 0.405. The number of nitrogens with zero attached hydrogens (tertiary/aromatic N) is 1. The van der Waals surface area contributed by atoms with Gasteiger partial charge in [0.2, 0.25) is 0 Å². The number of hydrogen-bond acceptors (Lipinski definition) is 11. The van der Waals surface area contributed by atoms with E-state index in [-0.39, 0.29) is 43.1 Å². The number of fused-ring (bicyclic) bond motifs is 2. The number of rotatable bonds is 9. The van der Waals surface area contributed by atoms with Crippen LogP contribution in [-0.2, 0) is 33.3 Å². The third-order valence-corrected chi connectivity index (χ3v) is 12.5. The van der Waals surface area contributed by atoms with Gasteiger partial charge in [0.25, 0.3) is 0 Å². The van der Waals surface area contributed by atoms with Crippen molar-refractivity contribution in [2.75, 3.05) is 48.1 Å². The van der Waals surface area contributed by atoms with Gasteiger partial charge >= 0.3 is 11.9 Å². The Labute approximate surface area is 263 Å². The van der Waals surface area contributed by atoms with Gasteiger partial charge in [-0.3, -0.25) is 14.5 Å². The normalized spacial score (nSPS) is 45.4. The van der Waals surface area contributed by atoms with Crippen molar-refractivity contribution in [3.63, 3.8) is 0 Å². The zero-order valence-electron chi connectivity index (χ0n) is 26.7. The van der Waals surface area contributed by atoms with Gasteiger partial charge < -0.3 is 33.5 Å². The van der Waals surface area contributed by atoms with Crippen LogP contribution < -0.4 is 4.74 Å². The maximum absolute atomic E-state index is 14.0. The first-order valence-corrected chi connectivity index (χ1v) is 15.8. The van der Waals surface area contributed by atoms with Crippen molar-refractivity contribution in [1.82, 2.24) is 4.90 Å². The standard InChI is InChI=1S/C34H43NO10/c1-7-35-16-31(17-40-3)22(37)12-13-32-21-14-33(39)23(42-5)15-34(45-18(2)36,25(28(32)35)26(43-6)27(31)32)24(21)29(33)44-30(38)19-8-10-20(41-4)11-9-19/h8-13,21,23-29,39H,7,14-17H2,1-6H3. The number of ketones is 1. The molecule has 0 radical (unpaired) electrons. The first-order valence-electron chi connectivity index (χ1n) is 15.8. The second-order valence-electron chi connectivity index (χ2n) is 13.9. The van der Waals surface area contributed by atoms with E-state index in [4.69, 9.17) is 28.4 Å². The molecular weight excluding hydrogens is 582 g/mol. The molecule has 1 spiro atoms. The number of esters is 2. The molecule has 6 aliphatic rings. The van der Waals surface area contributed by atoms with Gasteiger partial charge in [-0.15, -0.1) is 0 Å². The molecule has 1 saturated heterocycles. The van der Waals surface area contributed by atoms with Crippen molar-refractivity contribution in [1.29, 1.82) is 0 Å². The molecule has 1 aliphatic heterocycles. The zero-order valence-corrected chi connectivity index (χ0v) is 26.7. The Morgan fingerprint density at radius 3 is 2.38 bits per heavy atom. The fourth-order valence-electron chi connectivity index (χ4n) is 11.4. The summed E-state index contributed by atoms with van der Waals surface area (Å²) in [6, 6.07) is 6.43. The molecule has 1 aromatic rings. The van der Waals surface area contributed by atoms with Crippen LogP contribution in [0.25, 0.3) is 0 Å². The zero-order chi connectivity index (χ0) is 32.1. The van der Waals surface area contributed by atoms with Gasteiger partial charge in [0.05, 0.1) is 36.9 Å². The average molecular weight is 626 g/mol. The van der Waals surface area contributed by atoms with Crippen LogP contribution in [0.3, 0.4) is 0 Å². The third kappa shape index (κ3) is 3.67. The topological polar surface area (TPSA) is 130 Å². The molecule has 5 fully saturated rings. The Balaban J connectivity index is 1.45. The second kappa shape index (κ2) is 10.3. The fourth-order valence-corrected chi connectivity index (χ4v) is 11.4. The highest BCUT2D eigenvalue weighted by Gasteiger charge is 2.88. The van der Waals surface area contributed by atoms with Crippen LogP contribution in [0.1, 0.15) is 37.0 Å². The number of likely N-dealkylation sites (tertiary alicyclic amines) is 1. The van der Waals surface area contributed by atoms with E-state index in [9.17, 15) is 19.5 Å². The molecule has 4 saturated carbocycles. The number of carbonyl (C=O) groups is 3. The monoisotopic (exact) mass is 625 g/mol. The van der Waals surface area contributed by atoms with Crippen molar-refractivity contribution in [3.05, 3.63) is 42.0 Å². The lowest BCUT2D eigenvalue weighted by molar-refractivity contribution is -0.265. The lowest BCUT2D eigenvalue weighted by Gasteiger charge is -2.65. The molecule has 5 aliphatic carbocycles. The largest absolute Gasteiger partial charge is 0.497 e. The van der Waals surface area contributed by atoms with E-state index in [1.807, 2.05) is 6.08 Å². The Kier molecular flexibility index (Phi) is 7.08. The molecule has 11 heteroatoms. The molecule has 12 unspecified atom stereocenters. The molecule has 1 aromatic carbocycles. The van der Waals surface area contributed by atoms with E-state index >= 15 is 0 Å². The van der Waals surface area contributed by atoms with E-state index in [1.54, 1.807) is 51.7 Å². The van der Waals surface area contributed by atoms with Crippen LogP contribution in [0.5, 0.6) is 5.75 Å². The van der Waals surface area contributed by atoms with Gasteiger partial charge in [0.15, 0.2) is 5.78 Å². The number of methoxy groups -OCH3 is 4. The molecule has 244 valence electrons. The molecule has 0 amide bonds. The highest BCUT2D eigenvalue weighted by Crippen LogP contribution is 2.79. The molecule has 1 heterocycles. The summed E-state index contributed by atoms with van der Waals surface area (Å²) in [4.78, 5) is 43.3. The summed E-state index contributed by atoms with van der Waals surface area (Å²) in [6.45, 7) is 4.80. The predicted octanol–water partition coefficient (Wildman–Crippen LogP) is 2.05. The van der Waals surface area contributed by atoms with Crippen molar-refractivity contribution in [2.45, 2.75) is 62.2 Å². The number of aliphatic hydroxyl groups is 1. The van der Waals surface area contributed by atoms with Crippen molar-refractivity contribution in [3.8, 4) is 5.75 Å². The lowest BCUT2D eigenvalue weighted by Crippen LogP contribution is -2.75. The SMILES string of the molecule is CCN1CC2(COC)C(=O)C=CC34C5CC6(O)C(OC)CC(OC(C)=O)(C5C6OC(=O)c5ccc(OC)cc5)C(C(OC)C23)C14. The van der Waals surface area contributed by atoms with Crippen LogP contribution >= 0.6 is 0 Å². The highest BCUT2D eigenvalue weighted by molar-refractivity contribution is 5.97. The van der Waals surface area contributed by atoms with Gasteiger partial charge in [0.1, 0.15) is 23.1 Å². The summed E-state index contributed by atoms with van der Waals surface area (Å²) in [5.74, 6) is -2.13. The fraction of sp³-hybridized carbons (Fsp3) is 0.676. The van der Waals surface area contributed by atoms with Crippen molar-refractivity contribution in [2.24, 2.45) is 34.5 Å². The Morgan fingerprint density at radius 1 is 1.04 bits per heavy atom. The summed E-state index contributed by atoms with van der Waals surface area (Å²) in [5, 5.41) is 12.6. The molecule has 11 nitrogen and oxygen atoms in total. The Bertz CT molecular complexity index is 1430. The summed E-state index contributed by atoms with van der Waals surface area (Å²) < 4.78 is 36.4. The maximum atomic E-state index is 14.0. The second-order valence-corrected chi connectivity index (χ2v) is 13.9. The minimum Gasteiger partial charge on any atom is -0.497 e. The van der Waals surface area contributed by atoms with E-state index < -0.39 is 64.1 Å². The van der Waals surface area contributed by atoms with Gasteiger partial charge in [0, 0.05) is 70.4 Å². The summed E-state index contributed by atoms with van der Waals surface area (Å²) >= 11 is 0. The third-order valence-electron chi connectivity index (χ3n) is 12.5. The molecule has 1 N–H and O–H groups in total. The van der Waals surface area contributed by atoms with E-state index in [2.05, 4.69) is 11.8 Å². The minimum absolute atomic E-state index is 0.0105. The number of hydrogen-bond donors (Lipinski definition) is 1. The van der Waals surface area contributed by atoms with Gasteiger partial charge in [-0.05, 0) is 49.2 Å². The maximum Gasteiger partial charge on any atom is 0.338 e. The van der Waals surface area contributed by atoms with Gasteiger partial charge in [-0.25, -0.2) is 4.79 Å². The van der Waals surface area contributed by atoms with Crippen LogP contribution in [-0.4, -0.2) is 111 Å². The summed E-state index contributed by atoms with van der Waals surface area (Å²) in [5.41, 5.74) is -4.04. The van der Waals surface area contributed by atoms with E-state index in [1.165, 1.54) is 14.0 Å². The van der Waals surface area contributed by atoms with Gasteiger partial charge in [-0.1, -0.05) is 13.0 Å². The van der Waals surface area contributed by atoms with Crippen molar-refractivity contribution < 1.29 is 47.9 Å². The summed E-state index contributed by atoms with van der Waals surface area (Å²) in [6.07, 6.45) is 1.84. The smallest absolute Gasteiger partial charge is 0.338 e. The van der Waals surface area contributed by atoms with E-state index in [0.29, 0.717) is 24.4 Å². The predicted molar refractivity (Wildman–Crippen MR) is 158 cm³/mol. The van der Waals surface area contributed by atoms with E-state index in [0.717, 1.165) is 0 Å². The number of allylic oxidation sites excluding steroid dienone is 1. The average Bonchev–Trinajstić information content (AvgIpc) is 3.39.